The van der Waals surface area contributed by atoms with Crippen molar-refractivity contribution < 1.29 is 13.2 Å². The zero-order valence-corrected chi connectivity index (χ0v) is 16.2. The highest BCUT2D eigenvalue weighted by atomic mass is 32.2. The lowest BCUT2D eigenvalue weighted by Crippen LogP contribution is -2.43. The summed E-state index contributed by atoms with van der Waals surface area (Å²) in [7, 11) is -3.28. The van der Waals surface area contributed by atoms with Gasteiger partial charge < -0.3 is 4.90 Å². The van der Waals surface area contributed by atoms with E-state index in [0.29, 0.717) is 24.2 Å². The topological polar surface area (TPSA) is 57.7 Å². The molecule has 25 heavy (non-hydrogen) atoms. The van der Waals surface area contributed by atoms with Crippen LogP contribution >= 0.6 is 0 Å². The van der Waals surface area contributed by atoms with Crippen LogP contribution in [0.1, 0.15) is 55.5 Å². The van der Waals surface area contributed by atoms with Gasteiger partial charge in [-0.05, 0) is 55.7 Å². The Morgan fingerprint density at radius 1 is 1.12 bits per heavy atom. The lowest BCUT2D eigenvalue weighted by atomic mass is 9.84. The zero-order chi connectivity index (χ0) is 18.2. The van der Waals surface area contributed by atoms with Crippen molar-refractivity contribution in [3.05, 3.63) is 29.3 Å². The number of benzene rings is 1. The molecule has 0 unspecified atom stereocenters. The van der Waals surface area contributed by atoms with E-state index in [0.717, 1.165) is 37.9 Å². The van der Waals surface area contributed by atoms with Crippen LogP contribution in [-0.4, -0.2) is 44.6 Å². The Morgan fingerprint density at radius 2 is 1.88 bits per heavy atom. The van der Waals surface area contributed by atoms with Crippen LogP contribution in [0.25, 0.3) is 0 Å². The first-order valence-electron chi connectivity index (χ1n) is 9.10. The first-order chi connectivity index (χ1) is 11.7. The van der Waals surface area contributed by atoms with Crippen molar-refractivity contribution in [1.82, 2.24) is 4.90 Å². The van der Waals surface area contributed by atoms with Crippen molar-refractivity contribution in [2.24, 2.45) is 5.41 Å². The average Bonchev–Trinajstić information content (AvgIpc) is 2.54. The number of carbonyl (C=O) groups excluding carboxylic acids is 1. The van der Waals surface area contributed by atoms with E-state index in [4.69, 9.17) is 0 Å². The second-order valence-corrected chi connectivity index (χ2v) is 10.1. The fourth-order valence-corrected chi connectivity index (χ4v) is 5.54. The Labute approximate surface area is 151 Å². The van der Waals surface area contributed by atoms with Gasteiger partial charge in [0.25, 0.3) is 5.91 Å². The van der Waals surface area contributed by atoms with Crippen LogP contribution in [0.3, 0.4) is 0 Å². The van der Waals surface area contributed by atoms with E-state index in [-0.39, 0.29) is 17.1 Å². The Kier molecular flexibility index (Phi) is 4.84. The molecule has 138 valence electrons. The molecule has 1 aromatic rings. The van der Waals surface area contributed by atoms with Crippen molar-refractivity contribution in [2.45, 2.75) is 46.5 Å². The number of likely N-dealkylation sites (tertiary alicyclic amines) is 1. The molecule has 0 aromatic heterocycles. The van der Waals surface area contributed by atoms with E-state index in [1.54, 1.807) is 6.07 Å². The molecule has 2 saturated heterocycles. The molecule has 0 bridgehead atoms. The summed E-state index contributed by atoms with van der Waals surface area (Å²) in [5, 5.41) is 0. The molecule has 0 aliphatic carbocycles. The molecule has 2 aliphatic heterocycles. The number of carbonyl (C=O) groups is 1. The minimum atomic E-state index is -3.28. The van der Waals surface area contributed by atoms with Gasteiger partial charge >= 0.3 is 0 Å². The maximum Gasteiger partial charge on any atom is 0.253 e. The molecule has 3 rings (SSSR count). The molecule has 5 nitrogen and oxygen atoms in total. The summed E-state index contributed by atoms with van der Waals surface area (Å²) in [5.74, 6) is 0.189. The molecule has 1 aromatic carbocycles. The third kappa shape index (κ3) is 3.84. The number of hydrogen-bond donors (Lipinski definition) is 0. The van der Waals surface area contributed by atoms with Crippen LogP contribution in [0.4, 0.5) is 5.69 Å². The third-order valence-electron chi connectivity index (χ3n) is 5.26. The lowest BCUT2D eigenvalue weighted by Gasteiger charge is -2.38. The van der Waals surface area contributed by atoms with Gasteiger partial charge in [-0.3, -0.25) is 9.10 Å². The summed E-state index contributed by atoms with van der Waals surface area (Å²) in [6.45, 7) is 8.29. The van der Waals surface area contributed by atoms with Crippen LogP contribution in [0.5, 0.6) is 0 Å². The summed E-state index contributed by atoms with van der Waals surface area (Å²) in [6.07, 6.45) is 3.70. The number of amides is 1. The Balaban J connectivity index is 1.90. The summed E-state index contributed by atoms with van der Waals surface area (Å²) in [4.78, 5) is 14.9. The van der Waals surface area contributed by atoms with Crippen molar-refractivity contribution >= 4 is 21.6 Å². The molecule has 0 atom stereocenters. The van der Waals surface area contributed by atoms with E-state index in [1.165, 1.54) is 4.31 Å². The number of piperidine rings is 1. The average molecular weight is 365 g/mol. The molecule has 1 amide bonds. The van der Waals surface area contributed by atoms with E-state index in [1.807, 2.05) is 24.0 Å². The van der Waals surface area contributed by atoms with E-state index in [9.17, 15) is 13.2 Å². The van der Waals surface area contributed by atoms with Gasteiger partial charge in [-0.1, -0.05) is 19.9 Å². The molecular weight excluding hydrogens is 336 g/mol. The maximum absolute atomic E-state index is 13.0. The molecule has 2 aliphatic rings. The monoisotopic (exact) mass is 364 g/mol. The second kappa shape index (κ2) is 6.63. The molecule has 6 heteroatoms. The van der Waals surface area contributed by atoms with E-state index < -0.39 is 10.0 Å². The Bertz CT molecular complexity index is 771. The normalized spacial score (nSPS) is 22.7. The smallest absolute Gasteiger partial charge is 0.253 e. The quantitative estimate of drug-likeness (QED) is 0.810. The number of hydrogen-bond acceptors (Lipinski definition) is 3. The number of rotatable bonds is 2. The molecule has 2 heterocycles. The Morgan fingerprint density at radius 3 is 2.56 bits per heavy atom. The molecule has 0 N–H and O–H groups in total. The van der Waals surface area contributed by atoms with Crippen LogP contribution in [0.2, 0.25) is 0 Å². The highest BCUT2D eigenvalue weighted by Gasteiger charge is 2.31. The van der Waals surface area contributed by atoms with Gasteiger partial charge in [-0.25, -0.2) is 8.42 Å². The SMILES string of the molecule is Cc1ccc(C(=O)N2CCCC(C)(C)C2)cc1N1CCCCS1(=O)=O. The molecular formula is C19H28N2O3S. The van der Waals surface area contributed by atoms with Crippen LogP contribution in [-0.2, 0) is 10.0 Å². The van der Waals surface area contributed by atoms with Gasteiger partial charge in [0, 0.05) is 25.2 Å². The molecule has 0 radical (unpaired) electrons. The van der Waals surface area contributed by atoms with Gasteiger partial charge in [-0.2, -0.15) is 0 Å². The van der Waals surface area contributed by atoms with Gasteiger partial charge in [-0.15, -0.1) is 0 Å². The van der Waals surface area contributed by atoms with Crippen molar-refractivity contribution in [3.8, 4) is 0 Å². The third-order valence-corrected chi connectivity index (χ3v) is 7.12. The first-order valence-corrected chi connectivity index (χ1v) is 10.7. The summed E-state index contributed by atoms with van der Waals surface area (Å²) >= 11 is 0. The van der Waals surface area contributed by atoms with Gasteiger partial charge in [0.05, 0.1) is 11.4 Å². The number of aryl methyl sites for hydroxylation is 1. The summed E-state index contributed by atoms with van der Waals surface area (Å²) < 4.78 is 26.4. The summed E-state index contributed by atoms with van der Waals surface area (Å²) in [5.41, 5.74) is 2.26. The van der Waals surface area contributed by atoms with Crippen molar-refractivity contribution in [1.29, 1.82) is 0 Å². The zero-order valence-electron chi connectivity index (χ0n) is 15.4. The number of sulfonamides is 1. The van der Waals surface area contributed by atoms with Crippen LogP contribution < -0.4 is 4.31 Å². The fraction of sp³-hybridized carbons (Fsp3) is 0.632. The largest absolute Gasteiger partial charge is 0.338 e. The Hall–Kier alpha value is -1.56. The minimum Gasteiger partial charge on any atom is -0.338 e. The van der Waals surface area contributed by atoms with Gasteiger partial charge in [0.2, 0.25) is 10.0 Å². The predicted molar refractivity (Wildman–Crippen MR) is 100 cm³/mol. The number of anilines is 1. The highest BCUT2D eigenvalue weighted by molar-refractivity contribution is 7.92. The van der Waals surface area contributed by atoms with E-state index >= 15 is 0 Å². The lowest BCUT2D eigenvalue weighted by molar-refractivity contribution is 0.0583. The van der Waals surface area contributed by atoms with Gasteiger partial charge in [0.1, 0.15) is 0 Å². The molecule has 2 fully saturated rings. The summed E-state index contributed by atoms with van der Waals surface area (Å²) in [6, 6.07) is 5.45. The van der Waals surface area contributed by atoms with Crippen LogP contribution in [0, 0.1) is 12.3 Å². The van der Waals surface area contributed by atoms with Crippen LogP contribution in [0.15, 0.2) is 18.2 Å². The standard InChI is InChI=1S/C19H28N2O3S/c1-15-7-8-16(18(22)20-10-6-9-19(2,3)14-20)13-17(15)21-11-4-5-12-25(21,23)24/h7-8,13H,4-6,9-12,14H2,1-3H3. The number of nitrogens with zero attached hydrogens (tertiary/aromatic N) is 2. The predicted octanol–water partition coefficient (Wildman–Crippen LogP) is 3.19. The molecule has 0 saturated carbocycles. The van der Waals surface area contributed by atoms with E-state index in [2.05, 4.69) is 13.8 Å². The van der Waals surface area contributed by atoms with Crippen molar-refractivity contribution in [3.63, 3.8) is 0 Å². The van der Waals surface area contributed by atoms with Gasteiger partial charge in [0.15, 0.2) is 0 Å². The minimum absolute atomic E-state index is 0.00318. The van der Waals surface area contributed by atoms with Crippen molar-refractivity contribution in [2.75, 3.05) is 29.7 Å². The molecule has 0 spiro atoms. The fourth-order valence-electron chi connectivity index (χ4n) is 3.85. The highest BCUT2D eigenvalue weighted by Crippen LogP contribution is 2.31. The first kappa shape index (κ1) is 18.2. The maximum atomic E-state index is 13.0. The second-order valence-electron chi connectivity index (χ2n) is 8.09.